The third-order valence-electron chi connectivity index (χ3n) is 3.27. The van der Waals surface area contributed by atoms with Gasteiger partial charge < -0.3 is 14.8 Å². The normalized spacial score (nSPS) is 14.3. The summed E-state index contributed by atoms with van der Waals surface area (Å²) in [7, 11) is 3.54. The molecule has 2 atom stereocenters. The molecule has 0 radical (unpaired) electrons. The minimum atomic E-state index is 0.101. The van der Waals surface area contributed by atoms with Crippen LogP contribution in [0.3, 0.4) is 0 Å². The number of hydrogen-bond donors (Lipinski definition) is 1. The van der Waals surface area contributed by atoms with Gasteiger partial charge in [0.05, 0.1) is 6.10 Å². The third kappa shape index (κ3) is 5.72. The van der Waals surface area contributed by atoms with E-state index < -0.39 is 0 Å². The van der Waals surface area contributed by atoms with Gasteiger partial charge in [0, 0.05) is 26.9 Å². The lowest BCUT2D eigenvalue weighted by molar-refractivity contribution is 0.0610. The molecule has 1 N–H and O–H groups in total. The number of nitrogens with one attached hydrogen (secondary N) is 1. The van der Waals surface area contributed by atoms with Crippen LogP contribution >= 0.6 is 0 Å². The molecule has 2 unspecified atom stereocenters. The van der Waals surface area contributed by atoms with Crippen molar-refractivity contribution in [2.75, 3.05) is 27.4 Å². The summed E-state index contributed by atoms with van der Waals surface area (Å²) in [6.45, 7) is 4.00. The molecule has 0 spiro atoms. The minimum absolute atomic E-state index is 0.101. The Hall–Kier alpha value is -0.900. The molecule has 108 valence electrons. The lowest BCUT2D eigenvalue weighted by atomic mass is 9.98. The van der Waals surface area contributed by atoms with Crippen molar-refractivity contribution in [2.45, 2.75) is 38.3 Å². The Labute approximate surface area is 117 Å². The van der Waals surface area contributed by atoms with Crippen molar-refractivity contribution in [3.8, 4) is 0 Å². The van der Waals surface area contributed by atoms with Gasteiger partial charge in [0.25, 0.3) is 0 Å². The summed E-state index contributed by atoms with van der Waals surface area (Å²) in [4.78, 5) is 0. The molecule has 1 rings (SSSR count). The number of hydrogen-bond acceptors (Lipinski definition) is 3. The Kier molecular flexibility index (Phi) is 8.47. The summed E-state index contributed by atoms with van der Waals surface area (Å²) in [6.07, 6.45) is 3.34. The lowest BCUT2D eigenvalue weighted by Crippen LogP contribution is -2.36. The maximum absolute atomic E-state index is 5.72. The van der Waals surface area contributed by atoms with Crippen molar-refractivity contribution in [2.24, 2.45) is 0 Å². The number of benzene rings is 1. The van der Waals surface area contributed by atoms with Gasteiger partial charge in [0.2, 0.25) is 0 Å². The molecule has 0 heterocycles. The fraction of sp³-hybridized carbons (Fsp3) is 0.625. The van der Waals surface area contributed by atoms with Gasteiger partial charge >= 0.3 is 0 Å². The zero-order chi connectivity index (χ0) is 13.9. The average Bonchev–Trinajstić information content (AvgIpc) is 2.46. The molecule has 1 aromatic rings. The lowest BCUT2D eigenvalue weighted by Gasteiger charge is -2.27. The number of rotatable bonds is 10. The van der Waals surface area contributed by atoms with Crippen molar-refractivity contribution in [1.29, 1.82) is 0 Å². The van der Waals surface area contributed by atoms with E-state index in [9.17, 15) is 0 Å². The van der Waals surface area contributed by atoms with Crippen molar-refractivity contribution in [3.63, 3.8) is 0 Å². The van der Waals surface area contributed by atoms with Crippen LogP contribution in [-0.2, 0) is 9.47 Å². The van der Waals surface area contributed by atoms with E-state index in [-0.39, 0.29) is 6.10 Å². The van der Waals surface area contributed by atoms with Gasteiger partial charge in [0.1, 0.15) is 0 Å². The molecule has 0 aromatic heterocycles. The molecule has 0 amide bonds. The van der Waals surface area contributed by atoms with Crippen LogP contribution in [0.5, 0.6) is 0 Å². The molecule has 3 nitrogen and oxygen atoms in total. The van der Waals surface area contributed by atoms with Crippen LogP contribution in [-0.4, -0.2) is 33.4 Å². The standard InChI is InChI=1S/C16H27NO2/c1-4-12-17-15(11-8-13-18-2)16(19-3)14-9-6-5-7-10-14/h5-7,9-10,15-17H,4,8,11-13H2,1-3H3. The summed E-state index contributed by atoms with van der Waals surface area (Å²) in [5.74, 6) is 0. The van der Waals surface area contributed by atoms with E-state index >= 15 is 0 Å². The second-order valence-electron chi connectivity index (χ2n) is 4.76. The fourth-order valence-electron chi connectivity index (χ4n) is 2.31. The molecule has 0 bridgehead atoms. The van der Waals surface area contributed by atoms with Gasteiger partial charge in [-0.05, 0) is 31.4 Å². The molecular formula is C16H27NO2. The van der Waals surface area contributed by atoms with Gasteiger partial charge in [-0.25, -0.2) is 0 Å². The van der Waals surface area contributed by atoms with Crippen LogP contribution in [0, 0.1) is 0 Å². The Morgan fingerprint density at radius 2 is 1.89 bits per heavy atom. The smallest absolute Gasteiger partial charge is 0.0974 e. The van der Waals surface area contributed by atoms with Crippen LogP contribution in [0.25, 0.3) is 0 Å². The maximum Gasteiger partial charge on any atom is 0.0974 e. The highest BCUT2D eigenvalue weighted by atomic mass is 16.5. The Balaban J connectivity index is 2.68. The van der Waals surface area contributed by atoms with Gasteiger partial charge in [-0.2, -0.15) is 0 Å². The van der Waals surface area contributed by atoms with E-state index in [1.54, 1.807) is 14.2 Å². The first-order chi connectivity index (χ1) is 9.33. The molecule has 0 fully saturated rings. The Morgan fingerprint density at radius 1 is 1.16 bits per heavy atom. The van der Waals surface area contributed by atoms with Crippen LogP contribution in [0.4, 0.5) is 0 Å². The van der Waals surface area contributed by atoms with Gasteiger partial charge in [-0.15, -0.1) is 0 Å². The first kappa shape index (κ1) is 16.2. The van der Waals surface area contributed by atoms with Crippen molar-refractivity contribution < 1.29 is 9.47 Å². The quantitative estimate of drug-likeness (QED) is 0.659. The third-order valence-corrected chi connectivity index (χ3v) is 3.27. The summed E-state index contributed by atoms with van der Waals surface area (Å²) in [6, 6.07) is 10.8. The molecule has 1 aromatic carbocycles. The number of methoxy groups -OCH3 is 2. The molecule has 0 saturated carbocycles. The first-order valence-electron chi connectivity index (χ1n) is 7.13. The first-order valence-corrected chi connectivity index (χ1v) is 7.13. The van der Waals surface area contributed by atoms with Crippen LogP contribution in [0.2, 0.25) is 0 Å². The second-order valence-corrected chi connectivity index (χ2v) is 4.76. The number of ether oxygens (including phenoxy) is 2. The van der Waals surface area contributed by atoms with Crippen molar-refractivity contribution >= 4 is 0 Å². The topological polar surface area (TPSA) is 30.5 Å². The molecule has 0 saturated heterocycles. The van der Waals surface area contributed by atoms with E-state index in [1.165, 1.54) is 5.56 Å². The van der Waals surface area contributed by atoms with Crippen LogP contribution in [0.1, 0.15) is 37.9 Å². The second kappa shape index (κ2) is 9.96. The summed E-state index contributed by atoms with van der Waals surface area (Å²) >= 11 is 0. The molecular weight excluding hydrogens is 238 g/mol. The predicted molar refractivity (Wildman–Crippen MR) is 79.4 cm³/mol. The van der Waals surface area contributed by atoms with Crippen LogP contribution in [0.15, 0.2) is 30.3 Å². The average molecular weight is 265 g/mol. The van der Waals surface area contributed by atoms with E-state index in [0.717, 1.165) is 32.4 Å². The zero-order valence-electron chi connectivity index (χ0n) is 12.4. The van der Waals surface area contributed by atoms with E-state index in [1.807, 2.05) is 6.07 Å². The van der Waals surface area contributed by atoms with E-state index in [2.05, 4.69) is 36.5 Å². The zero-order valence-corrected chi connectivity index (χ0v) is 12.4. The highest BCUT2D eigenvalue weighted by Gasteiger charge is 2.21. The molecule has 19 heavy (non-hydrogen) atoms. The monoisotopic (exact) mass is 265 g/mol. The molecule has 0 aliphatic rings. The maximum atomic E-state index is 5.72. The summed E-state index contributed by atoms with van der Waals surface area (Å²) in [5, 5.41) is 3.60. The van der Waals surface area contributed by atoms with E-state index in [4.69, 9.17) is 9.47 Å². The fourth-order valence-corrected chi connectivity index (χ4v) is 2.31. The highest BCUT2D eigenvalue weighted by Crippen LogP contribution is 2.23. The highest BCUT2D eigenvalue weighted by molar-refractivity contribution is 5.19. The molecule has 0 aliphatic carbocycles. The van der Waals surface area contributed by atoms with Crippen LogP contribution < -0.4 is 5.32 Å². The van der Waals surface area contributed by atoms with Gasteiger partial charge in [-0.3, -0.25) is 0 Å². The van der Waals surface area contributed by atoms with Crippen molar-refractivity contribution in [1.82, 2.24) is 5.32 Å². The van der Waals surface area contributed by atoms with Crippen molar-refractivity contribution in [3.05, 3.63) is 35.9 Å². The van der Waals surface area contributed by atoms with E-state index in [0.29, 0.717) is 6.04 Å². The largest absolute Gasteiger partial charge is 0.385 e. The predicted octanol–water partition coefficient (Wildman–Crippen LogP) is 3.17. The summed E-state index contributed by atoms with van der Waals surface area (Å²) in [5.41, 5.74) is 1.23. The summed E-state index contributed by atoms with van der Waals surface area (Å²) < 4.78 is 10.9. The SMILES string of the molecule is CCCNC(CCCOC)C(OC)c1ccccc1. The molecule has 0 aliphatic heterocycles. The molecule has 3 heteroatoms. The Bertz CT molecular complexity index is 316. The Morgan fingerprint density at radius 3 is 2.47 bits per heavy atom. The minimum Gasteiger partial charge on any atom is -0.385 e. The van der Waals surface area contributed by atoms with Gasteiger partial charge in [-0.1, -0.05) is 37.3 Å². The van der Waals surface area contributed by atoms with Gasteiger partial charge in [0.15, 0.2) is 0 Å².